The third kappa shape index (κ3) is 4.13. The van der Waals surface area contributed by atoms with Crippen LogP contribution in [0, 0.1) is 5.92 Å². The summed E-state index contributed by atoms with van der Waals surface area (Å²) in [5.74, 6) is 2.42. The highest BCUT2D eigenvalue weighted by atomic mass is 35.5. The molecule has 3 unspecified atom stereocenters. The number of allylic oxidation sites excluding steroid dienone is 2. The van der Waals surface area contributed by atoms with E-state index >= 15 is 0 Å². The zero-order valence-electron chi connectivity index (χ0n) is 16.9. The molecule has 1 aliphatic heterocycles. The lowest BCUT2D eigenvalue weighted by atomic mass is 9.77. The fourth-order valence-corrected chi connectivity index (χ4v) is 5.13. The molecule has 5 rings (SSSR count). The quantitative estimate of drug-likeness (QED) is 0.315. The van der Waals surface area contributed by atoms with Gasteiger partial charge >= 0.3 is 0 Å². The molecule has 0 aromatic heterocycles. The molecule has 31 heavy (non-hydrogen) atoms. The van der Waals surface area contributed by atoms with Gasteiger partial charge in [-0.05, 0) is 53.8 Å². The van der Waals surface area contributed by atoms with Gasteiger partial charge in [0.1, 0.15) is 24.7 Å². The van der Waals surface area contributed by atoms with Crippen LogP contribution in [0.25, 0.3) is 0 Å². The maximum Gasteiger partial charge on any atom is 0.142 e. The number of ether oxygens (including phenoxy) is 2. The van der Waals surface area contributed by atoms with Crippen molar-refractivity contribution in [3.05, 3.63) is 100 Å². The van der Waals surface area contributed by atoms with Crippen LogP contribution in [0.5, 0.6) is 11.5 Å². The van der Waals surface area contributed by atoms with Crippen molar-refractivity contribution in [1.29, 1.82) is 0 Å². The normalized spacial score (nSPS) is 21.2. The molecule has 0 radical (unpaired) electrons. The number of para-hydroxylation sites is 2. The molecule has 1 aliphatic carbocycles. The monoisotopic (exact) mass is 451 g/mol. The number of benzene rings is 3. The van der Waals surface area contributed by atoms with Gasteiger partial charge in [0.25, 0.3) is 0 Å². The average molecular weight is 452 g/mol. The summed E-state index contributed by atoms with van der Waals surface area (Å²) in [6.07, 6.45) is 5.59. The van der Waals surface area contributed by atoms with Gasteiger partial charge in [-0.1, -0.05) is 71.8 Å². The number of hydrogen-bond acceptors (Lipinski definition) is 3. The van der Waals surface area contributed by atoms with Crippen LogP contribution < -0.4 is 14.8 Å². The molecule has 158 valence electrons. The van der Waals surface area contributed by atoms with Crippen LogP contribution in [0.1, 0.15) is 29.5 Å². The topological polar surface area (TPSA) is 30.5 Å². The smallest absolute Gasteiger partial charge is 0.142 e. The summed E-state index contributed by atoms with van der Waals surface area (Å²) < 4.78 is 11.9. The Balaban J connectivity index is 1.38. The maximum atomic E-state index is 6.59. The van der Waals surface area contributed by atoms with Gasteiger partial charge in [-0.25, -0.2) is 0 Å². The summed E-state index contributed by atoms with van der Waals surface area (Å²) in [4.78, 5) is 0. The van der Waals surface area contributed by atoms with E-state index in [4.69, 9.17) is 32.7 Å². The Morgan fingerprint density at radius 3 is 2.55 bits per heavy atom. The SMILES string of the molecule is Clc1ccc(C2Nc3c(OCCOc4ccccc4)cccc3C3C=CCC32)c(Cl)c1. The molecule has 3 nitrogen and oxygen atoms in total. The van der Waals surface area contributed by atoms with E-state index in [1.807, 2.05) is 54.6 Å². The number of fused-ring (bicyclic) bond motifs is 3. The Hall–Kier alpha value is -2.62. The van der Waals surface area contributed by atoms with E-state index in [0.29, 0.717) is 35.1 Å². The fraction of sp³-hybridized carbons (Fsp3) is 0.231. The van der Waals surface area contributed by atoms with Crippen LogP contribution in [0.15, 0.2) is 78.9 Å². The first kappa shape index (κ1) is 20.3. The molecule has 0 spiro atoms. The Kier molecular flexibility index (Phi) is 5.80. The lowest BCUT2D eigenvalue weighted by Crippen LogP contribution is -2.29. The summed E-state index contributed by atoms with van der Waals surface area (Å²) in [6.45, 7) is 0.940. The van der Waals surface area contributed by atoms with Crippen LogP contribution in [-0.2, 0) is 0 Å². The highest BCUT2D eigenvalue weighted by Gasteiger charge is 2.39. The molecule has 0 bridgehead atoms. The summed E-state index contributed by atoms with van der Waals surface area (Å²) in [5.41, 5.74) is 3.37. The Labute approximate surface area is 192 Å². The van der Waals surface area contributed by atoms with E-state index in [0.717, 1.165) is 29.2 Å². The molecule has 3 aromatic carbocycles. The van der Waals surface area contributed by atoms with Gasteiger partial charge in [0.05, 0.1) is 11.7 Å². The van der Waals surface area contributed by atoms with Gasteiger partial charge in [0.15, 0.2) is 0 Å². The standard InChI is InChI=1S/C26H23Cl2NO2/c27-17-12-13-22(23(28)16-17)25-20-9-4-8-19(20)21-10-5-11-24(26(21)29-25)31-15-14-30-18-6-2-1-3-7-18/h1-8,10-13,16,19-20,25,29H,9,14-15H2. The van der Waals surface area contributed by atoms with Gasteiger partial charge in [-0.2, -0.15) is 0 Å². The molecular formula is C26H23Cl2NO2. The fourth-order valence-electron chi connectivity index (χ4n) is 4.60. The third-order valence-corrected chi connectivity index (χ3v) is 6.57. The first-order chi connectivity index (χ1) is 15.2. The van der Waals surface area contributed by atoms with Crippen LogP contribution in [0.4, 0.5) is 5.69 Å². The first-order valence-electron chi connectivity index (χ1n) is 10.5. The van der Waals surface area contributed by atoms with Crippen LogP contribution in [0.2, 0.25) is 10.0 Å². The summed E-state index contributed by atoms with van der Waals surface area (Å²) >= 11 is 12.7. The van der Waals surface area contributed by atoms with E-state index in [-0.39, 0.29) is 6.04 Å². The number of rotatable bonds is 6. The van der Waals surface area contributed by atoms with E-state index in [2.05, 4.69) is 29.6 Å². The molecule has 0 fully saturated rings. The van der Waals surface area contributed by atoms with E-state index in [1.165, 1.54) is 5.56 Å². The van der Waals surface area contributed by atoms with Crippen molar-refractivity contribution in [2.24, 2.45) is 5.92 Å². The van der Waals surface area contributed by atoms with Crippen molar-refractivity contribution in [1.82, 2.24) is 0 Å². The van der Waals surface area contributed by atoms with Crippen LogP contribution >= 0.6 is 23.2 Å². The molecule has 2 aliphatic rings. The lowest BCUT2D eigenvalue weighted by molar-refractivity contribution is 0.217. The van der Waals surface area contributed by atoms with Crippen molar-refractivity contribution in [2.75, 3.05) is 18.5 Å². The number of anilines is 1. The van der Waals surface area contributed by atoms with Crippen molar-refractivity contribution < 1.29 is 9.47 Å². The number of hydrogen-bond donors (Lipinski definition) is 1. The van der Waals surface area contributed by atoms with E-state index in [1.54, 1.807) is 0 Å². The number of halogens is 2. The average Bonchev–Trinajstić information content (AvgIpc) is 3.28. The zero-order valence-corrected chi connectivity index (χ0v) is 18.4. The summed E-state index contributed by atoms with van der Waals surface area (Å²) in [6, 6.07) is 21.9. The number of nitrogens with one attached hydrogen (secondary N) is 1. The minimum Gasteiger partial charge on any atom is -0.490 e. The Bertz CT molecular complexity index is 1100. The third-order valence-electron chi connectivity index (χ3n) is 6.01. The molecule has 1 N–H and O–H groups in total. The second-order valence-electron chi connectivity index (χ2n) is 7.87. The van der Waals surface area contributed by atoms with Crippen molar-refractivity contribution in [3.8, 4) is 11.5 Å². The van der Waals surface area contributed by atoms with Crippen LogP contribution in [0.3, 0.4) is 0 Å². The highest BCUT2D eigenvalue weighted by molar-refractivity contribution is 6.35. The predicted octanol–water partition coefficient (Wildman–Crippen LogP) is 7.28. The maximum absolute atomic E-state index is 6.59. The van der Waals surface area contributed by atoms with Crippen LogP contribution in [-0.4, -0.2) is 13.2 Å². The molecule has 0 saturated carbocycles. The van der Waals surface area contributed by atoms with Crippen molar-refractivity contribution in [2.45, 2.75) is 18.4 Å². The van der Waals surface area contributed by atoms with Gasteiger partial charge < -0.3 is 14.8 Å². The molecule has 3 atom stereocenters. The molecule has 0 saturated heterocycles. The Morgan fingerprint density at radius 2 is 1.71 bits per heavy atom. The highest BCUT2D eigenvalue weighted by Crippen LogP contribution is 2.53. The van der Waals surface area contributed by atoms with Gasteiger partial charge in [0, 0.05) is 16.0 Å². The molecular weight excluding hydrogens is 429 g/mol. The van der Waals surface area contributed by atoms with Gasteiger partial charge in [0.2, 0.25) is 0 Å². The van der Waals surface area contributed by atoms with Crippen molar-refractivity contribution in [3.63, 3.8) is 0 Å². The molecule has 0 amide bonds. The minimum absolute atomic E-state index is 0.0857. The predicted molar refractivity (Wildman–Crippen MR) is 127 cm³/mol. The van der Waals surface area contributed by atoms with Gasteiger partial charge in [-0.3, -0.25) is 0 Å². The van der Waals surface area contributed by atoms with Gasteiger partial charge in [-0.15, -0.1) is 0 Å². The Morgan fingerprint density at radius 1 is 0.871 bits per heavy atom. The molecule has 3 aromatic rings. The lowest BCUT2D eigenvalue weighted by Gasteiger charge is -2.38. The van der Waals surface area contributed by atoms with Crippen molar-refractivity contribution >= 4 is 28.9 Å². The first-order valence-corrected chi connectivity index (χ1v) is 11.3. The summed E-state index contributed by atoms with van der Waals surface area (Å²) in [7, 11) is 0. The largest absolute Gasteiger partial charge is 0.490 e. The second-order valence-corrected chi connectivity index (χ2v) is 8.72. The minimum atomic E-state index is 0.0857. The molecule has 5 heteroatoms. The van der Waals surface area contributed by atoms with E-state index < -0.39 is 0 Å². The summed E-state index contributed by atoms with van der Waals surface area (Å²) in [5, 5.41) is 5.07. The zero-order chi connectivity index (χ0) is 21.2. The molecule has 1 heterocycles. The van der Waals surface area contributed by atoms with E-state index in [9.17, 15) is 0 Å². The second kappa shape index (κ2) is 8.86.